The maximum atomic E-state index is 11.3. The van der Waals surface area contributed by atoms with Gasteiger partial charge in [-0.05, 0) is 28.1 Å². The van der Waals surface area contributed by atoms with Crippen LogP contribution in [0.15, 0.2) is 22.8 Å². The van der Waals surface area contributed by atoms with Gasteiger partial charge in [-0.2, -0.15) is 0 Å². The van der Waals surface area contributed by atoms with Gasteiger partial charge in [0.15, 0.2) is 10.8 Å². The Hall–Kier alpha value is -1.20. The lowest BCUT2D eigenvalue weighted by atomic mass is 10.2. The summed E-state index contributed by atoms with van der Waals surface area (Å²) in [6.07, 6.45) is 1.62. The number of methoxy groups -OCH3 is 1. The third-order valence-corrected chi connectivity index (χ3v) is 2.68. The van der Waals surface area contributed by atoms with Crippen LogP contribution < -0.4 is 0 Å². The van der Waals surface area contributed by atoms with E-state index in [1.54, 1.807) is 12.3 Å². The molecule has 0 radical (unpaired) electrons. The maximum absolute atomic E-state index is 11.3. The number of ether oxygens (including phenoxy) is 1. The lowest BCUT2D eigenvalue weighted by molar-refractivity contribution is 0.0594. The molecule has 16 heavy (non-hydrogen) atoms. The fourth-order valence-corrected chi connectivity index (χ4v) is 1.88. The van der Waals surface area contributed by atoms with Crippen LogP contribution in [-0.4, -0.2) is 23.0 Å². The first-order chi connectivity index (χ1) is 7.61. The molecule has 0 bridgehead atoms. The summed E-state index contributed by atoms with van der Waals surface area (Å²) in [5.74, 6) is -0.524. The molecule has 2 rings (SSSR count). The molecule has 0 fully saturated rings. The Morgan fingerprint density at radius 1 is 1.50 bits per heavy atom. The molecule has 4 nitrogen and oxygen atoms in total. The van der Waals surface area contributed by atoms with Crippen LogP contribution in [0.5, 0.6) is 0 Å². The Labute approximate surface area is 105 Å². The van der Waals surface area contributed by atoms with Crippen molar-refractivity contribution in [3.63, 3.8) is 0 Å². The van der Waals surface area contributed by atoms with Crippen LogP contribution in [0.4, 0.5) is 0 Å². The average molecular weight is 302 g/mol. The van der Waals surface area contributed by atoms with Gasteiger partial charge in [-0.25, -0.2) is 9.78 Å². The Balaban J connectivity index is 2.69. The van der Waals surface area contributed by atoms with E-state index < -0.39 is 5.97 Å². The number of hydrogen-bond donors (Lipinski definition) is 0. The van der Waals surface area contributed by atoms with E-state index in [4.69, 9.17) is 11.6 Å². The summed E-state index contributed by atoms with van der Waals surface area (Å²) in [4.78, 5) is 19.3. The number of halogens is 2. The van der Waals surface area contributed by atoms with Crippen molar-refractivity contribution >= 4 is 44.4 Å². The number of carbonyl (C=O) groups excluding carboxylic acids is 1. The van der Waals surface area contributed by atoms with Crippen molar-refractivity contribution < 1.29 is 9.53 Å². The predicted molar refractivity (Wildman–Crippen MR) is 63.6 cm³/mol. The highest BCUT2D eigenvalue weighted by Crippen LogP contribution is 2.23. The van der Waals surface area contributed by atoms with Crippen molar-refractivity contribution in [1.82, 2.24) is 9.97 Å². The van der Waals surface area contributed by atoms with Crippen LogP contribution in [0.25, 0.3) is 10.9 Å². The molecular weight excluding hydrogens is 295 g/mol. The van der Waals surface area contributed by atoms with Crippen molar-refractivity contribution in [2.75, 3.05) is 7.11 Å². The average Bonchev–Trinajstić information content (AvgIpc) is 2.27. The van der Waals surface area contributed by atoms with Gasteiger partial charge in [-0.1, -0.05) is 11.6 Å². The zero-order valence-corrected chi connectivity index (χ0v) is 10.5. The van der Waals surface area contributed by atoms with Crippen molar-refractivity contribution in [3.05, 3.63) is 33.6 Å². The van der Waals surface area contributed by atoms with E-state index in [9.17, 15) is 4.79 Å². The molecule has 82 valence electrons. The molecule has 0 aromatic carbocycles. The Morgan fingerprint density at radius 2 is 2.25 bits per heavy atom. The van der Waals surface area contributed by atoms with Gasteiger partial charge in [0, 0.05) is 16.1 Å². The van der Waals surface area contributed by atoms with Crippen molar-refractivity contribution in [3.8, 4) is 0 Å². The van der Waals surface area contributed by atoms with E-state index in [2.05, 4.69) is 30.6 Å². The third-order valence-electron chi connectivity index (χ3n) is 1.98. The molecule has 0 atom stereocenters. The number of hydrogen-bond acceptors (Lipinski definition) is 4. The second kappa shape index (κ2) is 4.35. The maximum Gasteiger partial charge on any atom is 0.356 e. The molecule has 2 aromatic heterocycles. The van der Waals surface area contributed by atoms with Crippen molar-refractivity contribution in [2.45, 2.75) is 0 Å². The molecule has 0 saturated carbocycles. The first-order valence-electron chi connectivity index (χ1n) is 4.32. The number of esters is 1. The zero-order valence-electron chi connectivity index (χ0n) is 8.20. The highest BCUT2D eigenvalue weighted by atomic mass is 79.9. The number of pyridine rings is 2. The number of rotatable bonds is 1. The molecular formula is C10H6BrClN2O2. The standard InChI is InChI=1S/C10H6BrClN2O2/c1-16-10(15)7-3-5-2-6(11)4-13-8(5)9(12)14-7/h2-4H,1H3. The number of fused-ring (bicyclic) bond motifs is 1. The van der Waals surface area contributed by atoms with Gasteiger partial charge in [0.2, 0.25) is 0 Å². The topological polar surface area (TPSA) is 52.1 Å². The molecule has 0 unspecified atom stereocenters. The smallest absolute Gasteiger partial charge is 0.356 e. The van der Waals surface area contributed by atoms with Gasteiger partial charge in [-0.15, -0.1) is 0 Å². The minimum absolute atomic E-state index is 0.167. The summed E-state index contributed by atoms with van der Waals surface area (Å²) in [5, 5.41) is 0.917. The quantitative estimate of drug-likeness (QED) is 0.600. The molecule has 0 amide bonds. The van der Waals surface area contributed by atoms with Crippen LogP contribution in [-0.2, 0) is 4.74 Å². The zero-order chi connectivity index (χ0) is 11.7. The largest absolute Gasteiger partial charge is 0.464 e. The number of carbonyl (C=O) groups is 1. The minimum Gasteiger partial charge on any atom is -0.464 e. The van der Waals surface area contributed by atoms with Gasteiger partial charge >= 0.3 is 5.97 Å². The highest BCUT2D eigenvalue weighted by Gasteiger charge is 2.12. The molecule has 0 aliphatic heterocycles. The van der Waals surface area contributed by atoms with Crippen LogP contribution in [0.3, 0.4) is 0 Å². The molecule has 6 heteroatoms. The molecule has 0 aliphatic rings. The van der Waals surface area contributed by atoms with Crippen LogP contribution in [0.1, 0.15) is 10.5 Å². The van der Waals surface area contributed by atoms with Crippen molar-refractivity contribution in [2.24, 2.45) is 0 Å². The van der Waals surface area contributed by atoms with Crippen LogP contribution in [0.2, 0.25) is 5.15 Å². The Bertz CT molecular complexity index is 574. The molecule has 0 aliphatic carbocycles. The predicted octanol–water partition coefficient (Wildman–Crippen LogP) is 2.83. The van der Waals surface area contributed by atoms with E-state index in [0.29, 0.717) is 5.52 Å². The van der Waals surface area contributed by atoms with E-state index >= 15 is 0 Å². The highest BCUT2D eigenvalue weighted by molar-refractivity contribution is 9.10. The van der Waals surface area contributed by atoms with Gasteiger partial charge in [-0.3, -0.25) is 4.98 Å². The van der Waals surface area contributed by atoms with Crippen molar-refractivity contribution in [1.29, 1.82) is 0 Å². The number of nitrogens with zero attached hydrogens (tertiary/aromatic N) is 2. The Kier molecular flexibility index (Phi) is 3.07. The van der Waals surface area contributed by atoms with Gasteiger partial charge in [0.05, 0.1) is 7.11 Å². The molecule has 2 heterocycles. The van der Waals surface area contributed by atoms with Gasteiger partial charge in [0.25, 0.3) is 0 Å². The lowest BCUT2D eigenvalue weighted by Crippen LogP contribution is -2.04. The monoisotopic (exact) mass is 300 g/mol. The Morgan fingerprint density at radius 3 is 2.94 bits per heavy atom. The summed E-state index contributed by atoms with van der Waals surface area (Å²) in [7, 11) is 1.29. The summed E-state index contributed by atoms with van der Waals surface area (Å²) >= 11 is 9.21. The van der Waals surface area contributed by atoms with E-state index in [1.165, 1.54) is 7.11 Å². The molecule has 0 N–H and O–H groups in total. The first-order valence-corrected chi connectivity index (χ1v) is 5.49. The second-order valence-electron chi connectivity index (χ2n) is 3.02. The first kappa shape index (κ1) is 11.3. The van der Waals surface area contributed by atoms with E-state index in [0.717, 1.165) is 9.86 Å². The normalized spacial score (nSPS) is 10.4. The van der Waals surface area contributed by atoms with Crippen LogP contribution >= 0.6 is 27.5 Å². The molecule has 2 aromatic rings. The second-order valence-corrected chi connectivity index (χ2v) is 4.29. The SMILES string of the molecule is COC(=O)c1cc2cc(Br)cnc2c(Cl)n1. The van der Waals surface area contributed by atoms with Gasteiger partial charge < -0.3 is 4.74 Å². The van der Waals surface area contributed by atoms with E-state index in [-0.39, 0.29) is 10.8 Å². The molecule has 0 saturated heterocycles. The fraction of sp³-hybridized carbons (Fsp3) is 0.100. The number of aromatic nitrogens is 2. The van der Waals surface area contributed by atoms with Gasteiger partial charge in [0.1, 0.15) is 5.52 Å². The fourth-order valence-electron chi connectivity index (χ4n) is 1.28. The minimum atomic E-state index is -0.524. The summed E-state index contributed by atoms with van der Waals surface area (Å²) < 4.78 is 5.38. The van der Waals surface area contributed by atoms with Crippen LogP contribution in [0, 0.1) is 0 Å². The lowest BCUT2D eigenvalue weighted by Gasteiger charge is -2.03. The summed E-state index contributed by atoms with van der Waals surface area (Å²) in [5.41, 5.74) is 0.720. The third kappa shape index (κ3) is 2.01. The summed E-state index contributed by atoms with van der Waals surface area (Å²) in [6.45, 7) is 0. The molecule has 0 spiro atoms. The van der Waals surface area contributed by atoms with E-state index in [1.807, 2.05) is 6.07 Å². The summed E-state index contributed by atoms with van der Waals surface area (Å²) in [6, 6.07) is 3.40.